The van der Waals surface area contributed by atoms with Gasteiger partial charge < -0.3 is 9.47 Å². The summed E-state index contributed by atoms with van der Waals surface area (Å²) in [5, 5.41) is 5.42. The molecule has 0 spiro atoms. The number of benzene rings is 1. The van der Waals surface area contributed by atoms with Crippen LogP contribution in [0.15, 0.2) is 24.4 Å². The van der Waals surface area contributed by atoms with Crippen molar-refractivity contribution in [2.75, 3.05) is 26.8 Å². The second kappa shape index (κ2) is 11.3. The Hall–Kier alpha value is -2.50. The van der Waals surface area contributed by atoms with Crippen LogP contribution >= 0.6 is 11.3 Å². The van der Waals surface area contributed by atoms with E-state index in [0.29, 0.717) is 24.8 Å². The van der Waals surface area contributed by atoms with Crippen LogP contribution in [0.5, 0.6) is 5.19 Å². The molecule has 38 heavy (non-hydrogen) atoms. The number of carbonyl (C=O) groups is 1. The molecule has 0 amide bonds. The van der Waals surface area contributed by atoms with Crippen LogP contribution in [0, 0.1) is 11.8 Å². The number of thiazole rings is 1. The summed E-state index contributed by atoms with van der Waals surface area (Å²) in [7, 11) is 3.61. The average molecular weight is 551 g/mol. The number of aryl methyl sites for hydroxylation is 1. The number of hydrogen-bond acceptors (Lipinski definition) is 7. The van der Waals surface area contributed by atoms with Crippen molar-refractivity contribution in [3.63, 3.8) is 0 Å². The van der Waals surface area contributed by atoms with Crippen LogP contribution in [-0.4, -0.2) is 64.5 Å². The topological polar surface area (TPSA) is 69.5 Å². The molecular weight excluding hydrogens is 517 g/mol. The van der Waals surface area contributed by atoms with Crippen molar-refractivity contribution < 1.29 is 27.4 Å². The highest BCUT2D eigenvalue weighted by Crippen LogP contribution is 2.36. The fourth-order valence-electron chi connectivity index (χ4n) is 5.80. The minimum atomic E-state index is -4.37. The van der Waals surface area contributed by atoms with Gasteiger partial charge in [0, 0.05) is 62.2 Å². The van der Waals surface area contributed by atoms with Crippen LogP contribution in [-0.2, 0) is 24.8 Å². The highest BCUT2D eigenvalue weighted by Gasteiger charge is 2.33. The lowest BCUT2D eigenvalue weighted by molar-refractivity contribution is -0.153. The van der Waals surface area contributed by atoms with Gasteiger partial charge >= 0.3 is 6.18 Å². The van der Waals surface area contributed by atoms with E-state index in [2.05, 4.69) is 15.0 Å². The predicted octanol–water partition coefficient (Wildman–Crippen LogP) is 5.42. The minimum Gasteiger partial charge on any atom is -0.460 e. The van der Waals surface area contributed by atoms with Crippen molar-refractivity contribution in [1.29, 1.82) is 0 Å². The first-order valence-corrected chi connectivity index (χ1v) is 13.9. The first-order chi connectivity index (χ1) is 18.2. The summed E-state index contributed by atoms with van der Waals surface area (Å²) in [6, 6.07) is 5.73. The summed E-state index contributed by atoms with van der Waals surface area (Å²) < 4.78 is 49.9. The van der Waals surface area contributed by atoms with Crippen molar-refractivity contribution in [2.45, 2.75) is 57.3 Å². The third kappa shape index (κ3) is 6.38. The Kier molecular flexibility index (Phi) is 8.06. The molecule has 2 aliphatic rings. The Morgan fingerprint density at radius 2 is 2.03 bits per heavy atom. The summed E-state index contributed by atoms with van der Waals surface area (Å²) >= 11 is 1.21. The molecule has 206 valence electrons. The molecule has 0 saturated heterocycles. The Balaban J connectivity index is 1.12. The lowest BCUT2D eigenvalue weighted by Crippen LogP contribution is -2.41. The van der Waals surface area contributed by atoms with E-state index in [4.69, 9.17) is 9.47 Å². The molecule has 11 heteroatoms. The Labute approximate surface area is 223 Å². The van der Waals surface area contributed by atoms with Gasteiger partial charge in [0.1, 0.15) is 0 Å². The number of hydrogen-bond donors (Lipinski definition) is 0. The van der Waals surface area contributed by atoms with Gasteiger partial charge in [-0.15, -0.1) is 0 Å². The number of nitrogens with zero attached hydrogens (tertiary/aromatic N) is 4. The summed E-state index contributed by atoms with van der Waals surface area (Å²) in [5.41, 5.74) is 2.41. The summed E-state index contributed by atoms with van der Waals surface area (Å²) in [6.07, 6.45) is 2.92. The number of ether oxygens (including phenoxy) is 2. The van der Waals surface area contributed by atoms with Gasteiger partial charge in [-0.1, -0.05) is 23.5 Å². The van der Waals surface area contributed by atoms with E-state index in [-0.39, 0.29) is 17.1 Å². The second-order valence-electron chi connectivity index (χ2n) is 10.5. The number of alkyl halides is 3. The third-order valence-corrected chi connectivity index (χ3v) is 8.81. The van der Waals surface area contributed by atoms with Gasteiger partial charge in [-0.25, -0.2) is 4.98 Å². The van der Waals surface area contributed by atoms with Gasteiger partial charge in [0.2, 0.25) is 0 Å². The van der Waals surface area contributed by atoms with Gasteiger partial charge in [0.25, 0.3) is 5.19 Å². The summed E-state index contributed by atoms with van der Waals surface area (Å²) in [5.74, 6) is 0.961. The Morgan fingerprint density at radius 3 is 2.76 bits per heavy atom. The lowest BCUT2D eigenvalue weighted by Gasteiger charge is -2.36. The molecule has 3 aromatic rings. The molecular formula is C27H33F3N4O3S. The van der Waals surface area contributed by atoms with Gasteiger partial charge in [0.15, 0.2) is 12.4 Å². The van der Waals surface area contributed by atoms with Gasteiger partial charge in [-0.3, -0.25) is 14.4 Å². The molecule has 2 aromatic heterocycles. The number of ketones is 1. The number of aromatic nitrogens is 3. The largest absolute Gasteiger partial charge is 0.460 e. The number of carbonyl (C=O) groups excluding carboxylic acids is 1. The molecule has 1 atom stereocenters. The van der Waals surface area contributed by atoms with Crippen molar-refractivity contribution in [2.24, 2.45) is 18.9 Å². The van der Waals surface area contributed by atoms with Gasteiger partial charge in [-0.05, 0) is 50.0 Å². The molecule has 1 fully saturated rings. The van der Waals surface area contributed by atoms with E-state index in [1.165, 1.54) is 11.3 Å². The van der Waals surface area contributed by atoms with Crippen LogP contribution in [0.2, 0.25) is 0 Å². The quantitative estimate of drug-likeness (QED) is 0.331. The fraction of sp³-hybridized carbons (Fsp3) is 0.593. The predicted molar refractivity (Wildman–Crippen MR) is 139 cm³/mol. The molecule has 5 rings (SSSR count). The van der Waals surface area contributed by atoms with E-state index in [0.717, 1.165) is 72.2 Å². The zero-order valence-corrected chi connectivity index (χ0v) is 22.5. The Morgan fingerprint density at radius 1 is 1.24 bits per heavy atom. The monoisotopic (exact) mass is 550 g/mol. The van der Waals surface area contributed by atoms with Crippen molar-refractivity contribution in [3.05, 3.63) is 40.5 Å². The van der Waals surface area contributed by atoms with Crippen LogP contribution < -0.4 is 4.74 Å². The van der Waals surface area contributed by atoms with Crippen molar-refractivity contribution in [3.8, 4) is 5.19 Å². The minimum absolute atomic E-state index is 0.0666. The number of halogens is 3. The maximum atomic E-state index is 13.1. The number of rotatable bonds is 9. The zero-order chi connectivity index (χ0) is 26.9. The average Bonchev–Trinajstić information content (AvgIpc) is 3.47. The highest BCUT2D eigenvalue weighted by molar-refractivity contribution is 7.13. The molecule has 0 radical (unpaired) electrons. The number of methoxy groups -OCH3 is 1. The maximum absolute atomic E-state index is 13.1. The van der Waals surface area contributed by atoms with E-state index in [1.54, 1.807) is 11.8 Å². The molecule has 7 nitrogen and oxygen atoms in total. The van der Waals surface area contributed by atoms with Crippen LogP contribution in [0.1, 0.15) is 53.0 Å². The molecule has 1 aromatic carbocycles. The van der Waals surface area contributed by atoms with Crippen LogP contribution in [0.25, 0.3) is 10.9 Å². The smallest absolute Gasteiger partial charge is 0.422 e. The van der Waals surface area contributed by atoms with Crippen LogP contribution in [0.4, 0.5) is 13.2 Å². The van der Waals surface area contributed by atoms with Gasteiger partial charge in [0.05, 0.1) is 17.3 Å². The molecule has 1 aliphatic carbocycles. The standard InChI is InChI=1S/C27H33F3N4O3S/c1-33-13-20-19(4-3-5-21(20)32-33)23(35)12-17-6-8-18(9-7-17)24(36-2)15-34-11-10-25-22(14-34)31-26(38-25)37-16-27(28,29)30/h3-5,13,17-18,24H,6-12,14-16H2,1-2H3. The summed E-state index contributed by atoms with van der Waals surface area (Å²) in [6.45, 7) is 0.841. The van der Waals surface area contributed by atoms with E-state index >= 15 is 0 Å². The van der Waals surface area contributed by atoms with E-state index in [9.17, 15) is 18.0 Å². The lowest BCUT2D eigenvalue weighted by atomic mass is 9.77. The molecule has 0 N–H and O–H groups in total. The number of Topliss-reactive ketones (excluding diaryl/α,β-unsaturated/α-hetero) is 1. The molecule has 1 unspecified atom stereocenters. The normalized spacial score (nSPS) is 21.4. The fourth-order valence-corrected chi connectivity index (χ4v) is 6.71. The Bertz CT molecular complexity index is 1270. The third-order valence-electron chi connectivity index (χ3n) is 7.74. The van der Waals surface area contributed by atoms with Crippen LogP contribution in [0.3, 0.4) is 0 Å². The van der Waals surface area contributed by atoms with Crippen molar-refractivity contribution in [1.82, 2.24) is 19.7 Å². The highest BCUT2D eigenvalue weighted by atomic mass is 32.1. The second-order valence-corrected chi connectivity index (χ2v) is 11.5. The molecule has 3 heterocycles. The molecule has 1 saturated carbocycles. The van der Waals surface area contributed by atoms with E-state index < -0.39 is 12.8 Å². The number of fused-ring (bicyclic) bond motifs is 2. The maximum Gasteiger partial charge on any atom is 0.422 e. The molecule has 1 aliphatic heterocycles. The molecule has 0 bridgehead atoms. The van der Waals surface area contributed by atoms with Gasteiger partial charge in [-0.2, -0.15) is 18.3 Å². The van der Waals surface area contributed by atoms with E-state index in [1.807, 2.05) is 31.4 Å². The first-order valence-electron chi connectivity index (χ1n) is 13.1. The zero-order valence-electron chi connectivity index (χ0n) is 21.7. The van der Waals surface area contributed by atoms with Crippen molar-refractivity contribution >= 4 is 28.0 Å². The summed E-state index contributed by atoms with van der Waals surface area (Å²) in [4.78, 5) is 20.7. The first kappa shape index (κ1) is 27.1. The SMILES string of the molecule is COC(CN1CCc2sc(OCC(F)(F)F)nc2C1)C1CCC(CC(=O)c2cccc3nn(C)cc23)CC1.